The van der Waals surface area contributed by atoms with Crippen molar-refractivity contribution in [3.63, 3.8) is 0 Å². The van der Waals surface area contributed by atoms with Crippen molar-refractivity contribution in [1.82, 2.24) is 10.6 Å². The molecule has 0 amide bonds. The quantitative estimate of drug-likeness (QED) is 0.436. The third-order valence-electron chi connectivity index (χ3n) is 4.48. The average molecular weight is 333 g/mol. The van der Waals surface area contributed by atoms with E-state index in [4.69, 9.17) is 14.5 Å². The number of guanidine groups is 1. The first-order chi connectivity index (χ1) is 11.8. The number of ether oxygens (including phenoxy) is 2. The first-order valence-corrected chi connectivity index (χ1v) is 8.97. The number of rotatable bonds is 8. The maximum absolute atomic E-state index is 5.75. The average Bonchev–Trinajstić information content (AvgIpc) is 2.65. The number of nitrogens with zero attached hydrogens (tertiary/aromatic N) is 1. The Morgan fingerprint density at radius 3 is 2.62 bits per heavy atom. The molecule has 1 fully saturated rings. The SMILES string of the molecule is CCNC(=NCC1(OC)CCOCC1)NCCCc1ccccc1. The van der Waals surface area contributed by atoms with E-state index in [0.717, 1.165) is 57.9 Å². The monoisotopic (exact) mass is 333 g/mol. The topological polar surface area (TPSA) is 54.9 Å². The Morgan fingerprint density at radius 2 is 1.96 bits per heavy atom. The second-order valence-corrected chi connectivity index (χ2v) is 6.21. The van der Waals surface area contributed by atoms with E-state index in [0.29, 0.717) is 6.54 Å². The highest BCUT2D eigenvalue weighted by molar-refractivity contribution is 5.79. The van der Waals surface area contributed by atoms with Gasteiger partial charge in [-0.1, -0.05) is 30.3 Å². The van der Waals surface area contributed by atoms with Gasteiger partial charge in [0.25, 0.3) is 0 Å². The summed E-state index contributed by atoms with van der Waals surface area (Å²) < 4.78 is 11.2. The fourth-order valence-corrected chi connectivity index (χ4v) is 2.88. The molecule has 1 aliphatic heterocycles. The molecule has 1 aromatic carbocycles. The van der Waals surface area contributed by atoms with Gasteiger partial charge in [-0.25, -0.2) is 0 Å². The van der Waals surface area contributed by atoms with E-state index < -0.39 is 0 Å². The van der Waals surface area contributed by atoms with E-state index >= 15 is 0 Å². The van der Waals surface area contributed by atoms with Crippen LogP contribution in [-0.4, -0.2) is 51.5 Å². The van der Waals surface area contributed by atoms with E-state index in [1.165, 1.54) is 5.56 Å². The van der Waals surface area contributed by atoms with Crippen molar-refractivity contribution in [3.8, 4) is 0 Å². The van der Waals surface area contributed by atoms with Crippen molar-refractivity contribution >= 4 is 5.96 Å². The molecule has 0 saturated carbocycles. The van der Waals surface area contributed by atoms with Crippen LogP contribution in [0.15, 0.2) is 35.3 Å². The number of hydrogen-bond acceptors (Lipinski definition) is 3. The fraction of sp³-hybridized carbons (Fsp3) is 0.632. The molecule has 0 spiro atoms. The Hall–Kier alpha value is -1.59. The molecule has 5 nitrogen and oxygen atoms in total. The van der Waals surface area contributed by atoms with Gasteiger partial charge in [-0.15, -0.1) is 0 Å². The van der Waals surface area contributed by atoms with Crippen LogP contribution in [0.1, 0.15) is 31.7 Å². The summed E-state index contributed by atoms with van der Waals surface area (Å²) >= 11 is 0. The highest BCUT2D eigenvalue weighted by Gasteiger charge is 2.32. The minimum Gasteiger partial charge on any atom is -0.381 e. The molecule has 0 radical (unpaired) electrons. The van der Waals surface area contributed by atoms with Crippen molar-refractivity contribution in [2.75, 3.05) is 40.0 Å². The van der Waals surface area contributed by atoms with Gasteiger partial charge in [0.15, 0.2) is 5.96 Å². The molecule has 2 rings (SSSR count). The molecule has 134 valence electrons. The van der Waals surface area contributed by atoms with E-state index in [2.05, 4.69) is 47.9 Å². The van der Waals surface area contributed by atoms with Crippen molar-refractivity contribution in [2.45, 2.75) is 38.2 Å². The molecule has 1 heterocycles. The zero-order chi connectivity index (χ0) is 17.1. The van der Waals surface area contributed by atoms with Crippen LogP contribution in [0, 0.1) is 0 Å². The highest BCUT2D eigenvalue weighted by atomic mass is 16.5. The third kappa shape index (κ3) is 6.13. The maximum atomic E-state index is 5.75. The Labute approximate surface area is 145 Å². The van der Waals surface area contributed by atoms with E-state index in [1.54, 1.807) is 7.11 Å². The summed E-state index contributed by atoms with van der Waals surface area (Å²) in [6.07, 6.45) is 3.96. The molecule has 2 N–H and O–H groups in total. The van der Waals surface area contributed by atoms with Gasteiger partial charge in [0.1, 0.15) is 0 Å². The van der Waals surface area contributed by atoms with Gasteiger partial charge in [-0.05, 0) is 25.3 Å². The third-order valence-corrected chi connectivity index (χ3v) is 4.48. The van der Waals surface area contributed by atoms with Gasteiger partial charge in [-0.2, -0.15) is 0 Å². The lowest BCUT2D eigenvalue weighted by molar-refractivity contribution is -0.0828. The number of aryl methyl sites for hydroxylation is 1. The van der Waals surface area contributed by atoms with E-state index in [1.807, 2.05) is 0 Å². The second kappa shape index (κ2) is 10.3. The standard InChI is InChI=1S/C19H31N3O2/c1-3-20-18(21-13-7-10-17-8-5-4-6-9-17)22-16-19(23-2)11-14-24-15-12-19/h4-6,8-9H,3,7,10-16H2,1-2H3,(H2,20,21,22). The summed E-state index contributed by atoms with van der Waals surface area (Å²) in [6.45, 7) is 6.02. The van der Waals surface area contributed by atoms with Crippen LogP contribution >= 0.6 is 0 Å². The molecular formula is C19H31N3O2. The van der Waals surface area contributed by atoms with Crippen LogP contribution in [0.25, 0.3) is 0 Å². The molecule has 5 heteroatoms. The van der Waals surface area contributed by atoms with Crippen molar-refractivity contribution in [2.24, 2.45) is 4.99 Å². The van der Waals surface area contributed by atoms with Gasteiger partial charge >= 0.3 is 0 Å². The Kier molecular flexibility index (Phi) is 8.05. The predicted octanol–water partition coefficient (Wildman–Crippen LogP) is 2.37. The molecular weight excluding hydrogens is 302 g/mol. The number of aliphatic imine (C=N–C) groups is 1. The van der Waals surface area contributed by atoms with Crippen LogP contribution in [-0.2, 0) is 15.9 Å². The Bertz CT molecular complexity index is 485. The molecule has 0 unspecified atom stereocenters. The number of benzene rings is 1. The van der Waals surface area contributed by atoms with Crippen LogP contribution in [0.2, 0.25) is 0 Å². The van der Waals surface area contributed by atoms with Gasteiger partial charge in [0.2, 0.25) is 0 Å². The lowest BCUT2D eigenvalue weighted by atomic mass is 9.94. The smallest absolute Gasteiger partial charge is 0.191 e. The highest BCUT2D eigenvalue weighted by Crippen LogP contribution is 2.24. The minimum atomic E-state index is -0.176. The molecule has 1 aliphatic rings. The lowest BCUT2D eigenvalue weighted by Crippen LogP contribution is -2.44. The predicted molar refractivity (Wildman–Crippen MR) is 98.5 cm³/mol. The molecule has 24 heavy (non-hydrogen) atoms. The van der Waals surface area contributed by atoms with Crippen molar-refractivity contribution in [3.05, 3.63) is 35.9 Å². The zero-order valence-electron chi connectivity index (χ0n) is 15.0. The zero-order valence-corrected chi connectivity index (χ0v) is 15.0. The summed E-state index contributed by atoms with van der Waals surface area (Å²) in [7, 11) is 1.78. The molecule has 0 aromatic heterocycles. The Balaban J connectivity index is 1.79. The summed E-state index contributed by atoms with van der Waals surface area (Å²) in [5, 5.41) is 6.74. The first-order valence-electron chi connectivity index (χ1n) is 8.97. The molecule has 0 bridgehead atoms. The lowest BCUT2D eigenvalue weighted by Gasteiger charge is -2.34. The fourth-order valence-electron chi connectivity index (χ4n) is 2.88. The van der Waals surface area contributed by atoms with Gasteiger partial charge < -0.3 is 20.1 Å². The number of methoxy groups -OCH3 is 1. The second-order valence-electron chi connectivity index (χ2n) is 6.21. The normalized spacial score (nSPS) is 17.5. The van der Waals surface area contributed by atoms with Crippen LogP contribution in [0.3, 0.4) is 0 Å². The summed E-state index contributed by atoms with van der Waals surface area (Å²) in [5.41, 5.74) is 1.20. The molecule has 0 atom stereocenters. The molecule has 1 aromatic rings. The Morgan fingerprint density at radius 1 is 1.21 bits per heavy atom. The van der Waals surface area contributed by atoms with E-state index in [9.17, 15) is 0 Å². The van der Waals surface area contributed by atoms with Crippen LogP contribution in [0.5, 0.6) is 0 Å². The minimum absolute atomic E-state index is 0.176. The number of nitrogens with one attached hydrogen (secondary N) is 2. The summed E-state index contributed by atoms with van der Waals surface area (Å²) in [5.74, 6) is 0.869. The summed E-state index contributed by atoms with van der Waals surface area (Å²) in [6, 6.07) is 10.6. The molecule has 0 aliphatic carbocycles. The largest absolute Gasteiger partial charge is 0.381 e. The van der Waals surface area contributed by atoms with Gasteiger partial charge in [-0.3, -0.25) is 4.99 Å². The summed E-state index contributed by atoms with van der Waals surface area (Å²) in [4.78, 5) is 4.74. The van der Waals surface area contributed by atoms with Crippen molar-refractivity contribution < 1.29 is 9.47 Å². The van der Waals surface area contributed by atoms with Crippen molar-refractivity contribution in [1.29, 1.82) is 0 Å². The number of hydrogen-bond donors (Lipinski definition) is 2. The van der Waals surface area contributed by atoms with Crippen LogP contribution in [0.4, 0.5) is 0 Å². The van der Waals surface area contributed by atoms with Gasteiger partial charge in [0.05, 0.1) is 12.1 Å². The molecule has 1 saturated heterocycles. The van der Waals surface area contributed by atoms with E-state index in [-0.39, 0.29) is 5.60 Å². The maximum Gasteiger partial charge on any atom is 0.191 e. The first kappa shape index (κ1) is 18.7. The van der Waals surface area contributed by atoms with Crippen LogP contribution < -0.4 is 10.6 Å². The van der Waals surface area contributed by atoms with Gasteiger partial charge in [0, 0.05) is 46.3 Å².